The van der Waals surface area contributed by atoms with Crippen molar-refractivity contribution in [2.75, 3.05) is 6.54 Å². The zero-order chi connectivity index (χ0) is 19.1. The van der Waals surface area contributed by atoms with E-state index in [9.17, 15) is 0 Å². The minimum atomic E-state index is 0.295. The molecule has 1 aliphatic heterocycles. The molecule has 2 saturated carbocycles. The summed E-state index contributed by atoms with van der Waals surface area (Å²) < 4.78 is 12.3. The highest BCUT2D eigenvalue weighted by Crippen LogP contribution is 2.46. The summed E-state index contributed by atoms with van der Waals surface area (Å²) in [7, 11) is 0. The van der Waals surface area contributed by atoms with Crippen molar-refractivity contribution in [1.82, 2.24) is 10.5 Å². The van der Waals surface area contributed by atoms with E-state index in [1.807, 2.05) is 18.2 Å². The first kappa shape index (κ1) is 18.9. The molecule has 5 rings (SSSR count). The molecule has 150 valence electrons. The molecule has 4 nitrogen and oxygen atoms in total. The molecule has 1 aromatic carbocycles. The van der Waals surface area contributed by atoms with Gasteiger partial charge in [0.05, 0.1) is 22.8 Å². The Hall–Kier alpha value is -1.07. The lowest BCUT2D eigenvalue weighted by atomic mass is 9.77. The summed E-state index contributed by atoms with van der Waals surface area (Å²) in [5.41, 5.74) is 2.52. The SMILES string of the molecule is Clc1cccc(Cl)c1-c1noc(C2CC2)c1COC1CCNC2CCCCC21. The van der Waals surface area contributed by atoms with Crippen molar-refractivity contribution < 1.29 is 9.26 Å². The van der Waals surface area contributed by atoms with E-state index in [2.05, 4.69) is 10.5 Å². The summed E-state index contributed by atoms with van der Waals surface area (Å²) in [5, 5.41) is 9.26. The Morgan fingerprint density at radius 3 is 2.64 bits per heavy atom. The van der Waals surface area contributed by atoms with Crippen LogP contribution in [0, 0.1) is 5.92 Å². The van der Waals surface area contributed by atoms with Gasteiger partial charge in [-0.15, -0.1) is 0 Å². The zero-order valence-electron chi connectivity index (χ0n) is 15.9. The van der Waals surface area contributed by atoms with Gasteiger partial charge in [0.25, 0.3) is 0 Å². The Bertz CT molecular complexity index is 827. The molecule has 2 aromatic rings. The molecular formula is C22H26Cl2N2O2. The van der Waals surface area contributed by atoms with Crippen LogP contribution in [0.15, 0.2) is 22.7 Å². The summed E-state index contributed by atoms with van der Waals surface area (Å²) >= 11 is 12.9. The number of fused-ring (bicyclic) bond motifs is 1. The van der Waals surface area contributed by atoms with Crippen LogP contribution in [0.5, 0.6) is 0 Å². The van der Waals surface area contributed by atoms with Gasteiger partial charge >= 0.3 is 0 Å². The van der Waals surface area contributed by atoms with Crippen LogP contribution in [0.3, 0.4) is 0 Å². The predicted molar refractivity (Wildman–Crippen MR) is 111 cm³/mol. The molecule has 0 amide bonds. The van der Waals surface area contributed by atoms with Gasteiger partial charge in [0.2, 0.25) is 0 Å². The molecule has 1 aromatic heterocycles. The van der Waals surface area contributed by atoms with Crippen LogP contribution in [0.25, 0.3) is 11.3 Å². The van der Waals surface area contributed by atoms with Gasteiger partial charge in [-0.05, 0) is 50.8 Å². The fourth-order valence-corrected chi connectivity index (χ4v) is 5.51. The van der Waals surface area contributed by atoms with Crippen molar-refractivity contribution in [2.24, 2.45) is 5.92 Å². The second kappa shape index (κ2) is 7.98. The Balaban J connectivity index is 1.42. The van der Waals surface area contributed by atoms with E-state index in [0.29, 0.717) is 40.6 Å². The fraction of sp³-hybridized carbons (Fsp3) is 0.591. The summed E-state index contributed by atoms with van der Waals surface area (Å²) in [5.74, 6) is 2.02. The van der Waals surface area contributed by atoms with Crippen molar-refractivity contribution in [1.29, 1.82) is 0 Å². The standard InChI is InChI=1S/C22H26Cl2N2O2/c23-16-5-3-6-17(24)20(16)21-15(22(28-26-21)13-8-9-13)12-27-19-10-11-25-18-7-2-1-4-14(18)19/h3,5-6,13-14,18-19,25H,1-2,4,7-12H2. The number of ether oxygens (including phenoxy) is 1. The Kier molecular flexibility index (Phi) is 5.40. The van der Waals surface area contributed by atoms with Crippen molar-refractivity contribution in [2.45, 2.75) is 69.6 Å². The number of nitrogens with zero attached hydrogens (tertiary/aromatic N) is 1. The third kappa shape index (κ3) is 3.60. The molecule has 3 atom stereocenters. The molecule has 3 fully saturated rings. The van der Waals surface area contributed by atoms with E-state index in [1.165, 1.54) is 25.7 Å². The number of rotatable bonds is 5. The average molecular weight is 421 g/mol. The third-order valence-electron chi connectivity index (χ3n) is 6.54. The summed E-state index contributed by atoms with van der Waals surface area (Å²) in [6.45, 7) is 1.55. The molecular weight excluding hydrogens is 395 g/mol. The largest absolute Gasteiger partial charge is 0.373 e. The lowest BCUT2D eigenvalue weighted by Gasteiger charge is -2.41. The maximum absolute atomic E-state index is 6.53. The molecule has 6 heteroatoms. The van der Waals surface area contributed by atoms with E-state index in [4.69, 9.17) is 32.5 Å². The monoisotopic (exact) mass is 420 g/mol. The molecule has 2 aliphatic carbocycles. The van der Waals surface area contributed by atoms with Gasteiger partial charge in [-0.2, -0.15) is 0 Å². The van der Waals surface area contributed by atoms with Crippen LogP contribution in [0.4, 0.5) is 0 Å². The van der Waals surface area contributed by atoms with Gasteiger partial charge in [0, 0.05) is 29.0 Å². The minimum Gasteiger partial charge on any atom is -0.373 e. The van der Waals surface area contributed by atoms with Crippen molar-refractivity contribution in [3.05, 3.63) is 39.6 Å². The normalized spacial score (nSPS) is 27.6. The first-order valence-corrected chi connectivity index (χ1v) is 11.3. The molecule has 0 bridgehead atoms. The number of benzene rings is 1. The molecule has 1 N–H and O–H groups in total. The Morgan fingerprint density at radius 1 is 1.07 bits per heavy atom. The van der Waals surface area contributed by atoms with Crippen molar-refractivity contribution >= 4 is 23.2 Å². The summed E-state index contributed by atoms with van der Waals surface area (Å²) in [6, 6.07) is 6.15. The van der Waals surface area contributed by atoms with Gasteiger partial charge in [0.15, 0.2) is 0 Å². The van der Waals surface area contributed by atoms with Gasteiger partial charge in [-0.25, -0.2) is 0 Å². The average Bonchev–Trinajstić information content (AvgIpc) is 3.47. The van der Waals surface area contributed by atoms with Crippen LogP contribution < -0.4 is 5.32 Å². The molecule has 0 radical (unpaired) electrons. The van der Waals surface area contributed by atoms with Crippen molar-refractivity contribution in [3.8, 4) is 11.3 Å². The lowest BCUT2D eigenvalue weighted by molar-refractivity contribution is -0.0415. The predicted octanol–water partition coefficient (Wildman–Crippen LogP) is 5.96. The zero-order valence-corrected chi connectivity index (χ0v) is 17.4. The first-order valence-electron chi connectivity index (χ1n) is 10.5. The van der Waals surface area contributed by atoms with E-state index >= 15 is 0 Å². The van der Waals surface area contributed by atoms with Crippen LogP contribution >= 0.6 is 23.2 Å². The van der Waals surface area contributed by atoms with E-state index in [-0.39, 0.29) is 0 Å². The topological polar surface area (TPSA) is 47.3 Å². The lowest BCUT2D eigenvalue weighted by Crippen LogP contribution is -2.50. The van der Waals surface area contributed by atoms with Crippen LogP contribution in [-0.2, 0) is 11.3 Å². The Labute approximate surface area is 175 Å². The number of hydrogen-bond donors (Lipinski definition) is 1. The number of piperidine rings is 1. The highest BCUT2D eigenvalue weighted by molar-refractivity contribution is 6.39. The first-order chi connectivity index (χ1) is 13.7. The van der Waals surface area contributed by atoms with E-state index in [0.717, 1.165) is 48.4 Å². The van der Waals surface area contributed by atoms with Gasteiger partial charge < -0.3 is 14.6 Å². The number of aromatic nitrogens is 1. The highest BCUT2D eigenvalue weighted by Gasteiger charge is 2.37. The molecule has 3 unspecified atom stereocenters. The van der Waals surface area contributed by atoms with Crippen LogP contribution in [-0.4, -0.2) is 23.8 Å². The van der Waals surface area contributed by atoms with E-state index in [1.54, 1.807) is 0 Å². The molecule has 2 heterocycles. The molecule has 0 spiro atoms. The molecule has 28 heavy (non-hydrogen) atoms. The fourth-order valence-electron chi connectivity index (χ4n) is 4.93. The van der Waals surface area contributed by atoms with Gasteiger partial charge in [-0.1, -0.05) is 47.3 Å². The smallest absolute Gasteiger partial charge is 0.145 e. The van der Waals surface area contributed by atoms with Crippen LogP contribution in [0.2, 0.25) is 10.0 Å². The number of halogens is 2. The summed E-state index contributed by atoms with van der Waals surface area (Å²) in [6.07, 6.45) is 8.82. The minimum absolute atomic E-state index is 0.295. The number of nitrogens with one attached hydrogen (secondary N) is 1. The second-order valence-electron chi connectivity index (χ2n) is 8.39. The highest BCUT2D eigenvalue weighted by atomic mass is 35.5. The van der Waals surface area contributed by atoms with Crippen LogP contribution in [0.1, 0.15) is 62.2 Å². The quantitative estimate of drug-likeness (QED) is 0.647. The second-order valence-corrected chi connectivity index (χ2v) is 9.21. The number of hydrogen-bond acceptors (Lipinski definition) is 4. The van der Waals surface area contributed by atoms with Crippen molar-refractivity contribution in [3.63, 3.8) is 0 Å². The van der Waals surface area contributed by atoms with Gasteiger partial charge in [-0.3, -0.25) is 0 Å². The Morgan fingerprint density at radius 2 is 1.86 bits per heavy atom. The molecule has 1 saturated heterocycles. The molecule has 3 aliphatic rings. The maximum Gasteiger partial charge on any atom is 0.145 e. The summed E-state index contributed by atoms with van der Waals surface area (Å²) in [4.78, 5) is 0. The van der Waals surface area contributed by atoms with Gasteiger partial charge in [0.1, 0.15) is 11.5 Å². The third-order valence-corrected chi connectivity index (χ3v) is 7.17. The maximum atomic E-state index is 6.53. The van der Waals surface area contributed by atoms with E-state index < -0.39 is 0 Å².